The lowest BCUT2D eigenvalue weighted by molar-refractivity contribution is 0.986. The van der Waals surface area contributed by atoms with E-state index in [1.54, 1.807) is 29.0 Å². The van der Waals surface area contributed by atoms with Crippen LogP contribution in [0.2, 0.25) is 0 Å². The number of thiophene rings is 1. The van der Waals surface area contributed by atoms with Crippen molar-refractivity contribution in [2.45, 2.75) is 6.54 Å². The van der Waals surface area contributed by atoms with E-state index in [1.807, 2.05) is 41.8 Å². The molecule has 0 spiro atoms. The topological polar surface area (TPSA) is 63.6 Å². The predicted molar refractivity (Wildman–Crippen MR) is 90.1 cm³/mol. The summed E-state index contributed by atoms with van der Waals surface area (Å²) in [6.07, 6.45) is 1.58. The van der Waals surface area contributed by atoms with Crippen molar-refractivity contribution in [2.75, 3.05) is 5.32 Å². The van der Waals surface area contributed by atoms with Gasteiger partial charge < -0.3 is 5.32 Å². The lowest BCUT2D eigenvalue weighted by Gasteiger charge is -2.03. The molecule has 0 saturated carbocycles. The first-order valence-electron chi connectivity index (χ1n) is 6.70. The maximum absolute atomic E-state index is 4.30. The Balaban J connectivity index is 1.53. The number of nitrogens with one attached hydrogen (secondary N) is 1. The van der Waals surface area contributed by atoms with Gasteiger partial charge in [-0.05, 0) is 11.4 Å². The quantitative estimate of drug-likeness (QED) is 0.618. The molecular formula is C15H11N5S2. The van der Waals surface area contributed by atoms with E-state index in [4.69, 9.17) is 0 Å². The average Bonchev–Trinajstić information content (AvgIpc) is 3.23. The fourth-order valence-corrected chi connectivity index (χ4v) is 3.63. The first kappa shape index (κ1) is 13.3. The highest BCUT2D eigenvalue weighted by Gasteiger charge is 2.08. The van der Waals surface area contributed by atoms with Crippen molar-refractivity contribution in [3.05, 3.63) is 53.1 Å². The molecule has 1 aromatic carbocycles. The van der Waals surface area contributed by atoms with Crippen LogP contribution in [0, 0.1) is 0 Å². The number of nitrogens with zero attached hydrogens (tertiary/aromatic N) is 4. The number of benzene rings is 1. The largest absolute Gasteiger partial charge is 0.363 e. The molecule has 3 aromatic heterocycles. The van der Waals surface area contributed by atoms with Crippen molar-refractivity contribution in [3.8, 4) is 10.6 Å². The van der Waals surface area contributed by atoms with Crippen molar-refractivity contribution in [2.24, 2.45) is 0 Å². The average molecular weight is 325 g/mol. The predicted octanol–water partition coefficient (Wildman–Crippen LogP) is 3.82. The van der Waals surface area contributed by atoms with Gasteiger partial charge in [-0.1, -0.05) is 41.7 Å². The second-order valence-electron chi connectivity index (χ2n) is 4.58. The molecule has 0 atom stereocenters. The van der Waals surface area contributed by atoms with E-state index in [1.165, 1.54) is 0 Å². The molecule has 4 aromatic rings. The molecule has 0 amide bonds. The van der Waals surface area contributed by atoms with Crippen LogP contribution in [0.1, 0.15) is 5.01 Å². The molecule has 0 aliphatic rings. The molecule has 3 heterocycles. The fourth-order valence-electron chi connectivity index (χ4n) is 2.11. The van der Waals surface area contributed by atoms with Crippen LogP contribution >= 0.6 is 22.7 Å². The molecule has 0 bridgehead atoms. The Hall–Kier alpha value is -2.38. The summed E-state index contributed by atoms with van der Waals surface area (Å²) in [6.45, 7) is 0.604. The highest BCUT2D eigenvalue weighted by molar-refractivity contribution is 7.16. The number of fused-ring (bicyclic) bond motifs is 1. The minimum Gasteiger partial charge on any atom is -0.363 e. The number of hydrogen-bond donors (Lipinski definition) is 1. The molecular weight excluding hydrogens is 314 g/mol. The van der Waals surface area contributed by atoms with E-state index in [0.717, 1.165) is 31.6 Å². The lowest BCUT2D eigenvalue weighted by Crippen LogP contribution is -2.01. The van der Waals surface area contributed by atoms with Gasteiger partial charge in [0.15, 0.2) is 0 Å². The van der Waals surface area contributed by atoms with Gasteiger partial charge in [0, 0.05) is 5.56 Å². The normalized spacial score (nSPS) is 10.9. The van der Waals surface area contributed by atoms with Gasteiger partial charge in [0.25, 0.3) is 0 Å². The highest BCUT2D eigenvalue weighted by Crippen LogP contribution is 2.26. The maximum Gasteiger partial charge on any atom is 0.147 e. The maximum atomic E-state index is 4.30. The summed E-state index contributed by atoms with van der Waals surface area (Å²) >= 11 is 3.20. The standard InChI is InChI=1S/C15H11N5S2/c1-2-4-10(5-3-1)14-20-19-12(22-14)8-16-13-11-6-7-21-15(11)18-9-17-13/h1-7,9H,8H2,(H,16,17,18). The Morgan fingerprint density at radius 2 is 1.91 bits per heavy atom. The van der Waals surface area contributed by atoms with Crippen LogP contribution in [0.5, 0.6) is 0 Å². The van der Waals surface area contributed by atoms with E-state index >= 15 is 0 Å². The highest BCUT2D eigenvalue weighted by atomic mass is 32.1. The Morgan fingerprint density at radius 1 is 1.00 bits per heavy atom. The van der Waals surface area contributed by atoms with Crippen LogP contribution in [0.3, 0.4) is 0 Å². The SMILES string of the molecule is c1ccc(-c2nnc(CNc3ncnc4sccc34)s2)cc1. The molecule has 4 rings (SSSR count). The minimum atomic E-state index is 0.604. The molecule has 22 heavy (non-hydrogen) atoms. The number of hydrogen-bond acceptors (Lipinski definition) is 7. The third-order valence-electron chi connectivity index (χ3n) is 3.16. The lowest BCUT2D eigenvalue weighted by atomic mass is 10.2. The third kappa shape index (κ3) is 2.56. The molecule has 5 nitrogen and oxygen atoms in total. The van der Waals surface area contributed by atoms with Crippen molar-refractivity contribution in [1.29, 1.82) is 0 Å². The molecule has 0 unspecified atom stereocenters. The summed E-state index contributed by atoms with van der Waals surface area (Å²) < 4.78 is 0. The summed E-state index contributed by atoms with van der Waals surface area (Å²) in [5.41, 5.74) is 1.09. The van der Waals surface area contributed by atoms with Crippen LogP contribution in [0.25, 0.3) is 20.8 Å². The van der Waals surface area contributed by atoms with Gasteiger partial charge in [-0.2, -0.15) is 0 Å². The summed E-state index contributed by atoms with van der Waals surface area (Å²) in [5, 5.41) is 16.7. The van der Waals surface area contributed by atoms with Crippen LogP contribution in [-0.2, 0) is 6.54 Å². The zero-order valence-electron chi connectivity index (χ0n) is 11.4. The summed E-state index contributed by atoms with van der Waals surface area (Å²) in [4.78, 5) is 9.53. The van der Waals surface area contributed by atoms with E-state index in [-0.39, 0.29) is 0 Å². The van der Waals surface area contributed by atoms with Gasteiger partial charge in [-0.3, -0.25) is 0 Å². The number of rotatable bonds is 4. The van der Waals surface area contributed by atoms with Gasteiger partial charge >= 0.3 is 0 Å². The second-order valence-corrected chi connectivity index (χ2v) is 6.54. The van der Waals surface area contributed by atoms with Crippen LogP contribution in [-0.4, -0.2) is 20.2 Å². The summed E-state index contributed by atoms with van der Waals surface area (Å²) in [6, 6.07) is 12.1. The van der Waals surface area contributed by atoms with Gasteiger partial charge in [0.05, 0.1) is 11.9 Å². The summed E-state index contributed by atoms with van der Waals surface area (Å²) in [7, 11) is 0. The number of aromatic nitrogens is 4. The molecule has 1 N–H and O–H groups in total. The van der Waals surface area contributed by atoms with Crippen molar-refractivity contribution < 1.29 is 0 Å². The first-order chi connectivity index (χ1) is 10.9. The van der Waals surface area contributed by atoms with Crippen LogP contribution < -0.4 is 5.32 Å². The number of anilines is 1. The molecule has 0 aliphatic heterocycles. The van der Waals surface area contributed by atoms with E-state index in [2.05, 4.69) is 25.5 Å². The van der Waals surface area contributed by atoms with Crippen molar-refractivity contribution in [1.82, 2.24) is 20.2 Å². The monoisotopic (exact) mass is 325 g/mol. The molecule has 108 valence electrons. The summed E-state index contributed by atoms with van der Waals surface area (Å²) in [5.74, 6) is 0.836. The Morgan fingerprint density at radius 3 is 2.82 bits per heavy atom. The zero-order valence-corrected chi connectivity index (χ0v) is 13.1. The molecule has 0 radical (unpaired) electrons. The Kier molecular flexibility index (Phi) is 3.49. The van der Waals surface area contributed by atoms with E-state index in [0.29, 0.717) is 6.54 Å². The zero-order chi connectivity index (χ0) is 14.8. The van der Waals surface area contributed by atoms with Crippen LogP contribution in [0.4, 0.5) is 5.82 Å². The first-order valence-corrected chi connectivity index (χ1v) is 8.39. The van der Waals surface area contributed by atoms with Gasteiger partial charge in [0.2, 0.25) is 0 Å². The Bertz CT molecular complexity index is 900. The molecule has 0 aliphatic carbocycles. The van der Waals surface area contributed by atoms with Gasteiger partial charge in [-0.15, -0.1) is 21.5 Å². The van der Waals surface area contributed by atoms with Gasteiger partial charge in [0.1, 0.15) is 27.0 Å². The van der Waals surface area contributed by atoms with Crippen LogP contribution in [0.15, 0.2) is 48.1 Å². The van der Waals surface area contributed by atoms with E-state index < -0.39 is 0 Å². The molecule has 7 heteroatoms. The molecule has 0 fully saturated rings. The third-order valence-corrected chi connectivity index (χ3v) is 4.95. The minimum absolute atomic E-state index is 0.604. The molecule has 0 saturated heterocycles. The fraction of sp³-hybridized carbons (Fsp3) is 0.0667. The van der Waals surface area contributed by atoms with Crippen molar-refractivity contribution >= 4 is 38.7 Å². The van der Waals surface area contributed by atoms with E-state index in [9.17, 15) is 0 Å². The second kappa shape index (κ2) is 5.78. The van der Waals surface area contributed by atoms with Gasteiger partial charge in [-0.25, -0.2) is 9.97 Å². The van der Waals surface area contributed by atoms with Crippen molar-refractivity contribution in [3.63, 3.8) is 0 Å². The smallest absolute Gasteiger partial charge is 0.147 e. The Labute approximate surface area is 134 Å².